The number of nitrogens with zero attached hydrogens (tertiary/aromatic N) is 3. The Morgan fingerprint density at radius 1 is 1.50 bits per heavy atom. The molecule has 1 aromatic heterocycles. The molecule has 1 aromatic rings. The van der Waals surface area contributed by atoms with Crippen LogP contribution in [0.15, 0.2) is 12.4 Å². The Bertz CT molecular complexity index is 418. The molecule has 1 aliphatic heterocycles. The Kier molecular flexibility index (Phi) is 3.91. The first kappa shape index (κ1) is 13.0. The molecule has 1 fully saturated rings. The monoisotopic (exact) mass is 248 g/mol. The summed E-state index contributed by atoms with van der Waals surface area (Å²) in [5.74, 6) is 0.356. The fourth-order valence-corrected chi connectivity index (χ4v) is 2.33. The van der Waals surface area contributed by atoms with Crippen LogP contribution in [0, 0.1) is 12.8 Å². The molecular weight excluding hydrogens is 228 g/mol. The predicted octanol–water partition coefficient (Wildman–Crippen LogP) is 0.984. The third-order valence-electron chi connectivity index (χ3n) is 3.60. The minimum atomic E-state index is -0.0344. The van der Waals surface area contributed by atoms with Gasteiger partial charge in [-0.25, -0.2) is 4.98 Å². The highest BCUT2D eigenvalue weighted by Crippen LogP contribution is 2.19. The zero-order chi connectivity index (χ0) is 13.1. The van der Waals surface area contributed by atoms with Crippen molar-refractivity contribution in [2.24, 2.45) is 11.7 Å². The SMILES string of the molecule is CCC1CN(C(=O)c2cnc(C)cn2)CCC1N. The number of piperidine rings is 1. The summed E-state index contributed by atoms with van der Waals surface area (Å²) < 4.78 is 0. The molecule has 1 aliphatic rings. The van der Waals surface area contributed by atoms with Crippen molar-refractivity contribution in [1.82, 2.24) is 14.9 Å². The van der Waals surface area contributed by atoms with Crippen LogP contribution in [0.2, 0.25) is 0 Å². The van der Waals surface area contributed by atoms with Crippen molar-refractivity contribution in [3.05, 3.63) is 23.8 Å². The molecule has 2 atom stereocenters. The topological polar surface area (TPSA) is 72.1 Å². The Labute approximate surface area is 107 Å². The van der Waals surface area contributed by atoms with Crippen LogP contribution in [0.5, 0.6) is 0 Å². The molecule has 0 aliphatic carbocycles. The van der Waals surface area contributed by atoms with Crippen molar-refractivity contribution in [1.29, 1.82) is 0 Å². The van der Waals surface area contributed by atoms with Crippen LogP contribution >= 0.6 is 0 Å². The van der Waals surface area contributed by atoms with E-state index in [0.29, 0.717) is 18.2 Å². The van der Waals surface area contributed by atoms with Gasteiger partial charge < -0.3 is 10.6 Å². The molecule has 1 amide bonds. The van der Waals surface area contributed by atoms with Crippen LogP contribution in [-0.2, 0) is 0 Å². The molecule has 1 saturated heterocycles. The molecule has 2 unspecified atom stereocenters. The number of rotatable bonds is 2. The Balaban J connectivity index is 2.07. The number of carbonyl (C=O) groups excluding carboxylic acids is 1. The number of carbonyl (C=O) groups is 1. The van der Waals surface area contributed by atoms with Crippen LogP contribution < -0.4 is 5.73 Å². The molecule has 0 bridgehead atoms. The first-order chi connectivity index (χ1) is 8.61. The normalized spacial score (nSPS) is 24.1. The molecule has 0 radical (unpaired) electrons. The van der Waals surface area contributed by atoms with Crippen LogP contribution in [0.25, 0.3) is 0 Å². The zero-order valence-electron chi connectivity index (χ0n) is 11.0. The molecule has 5 heteroatoms. The number of aromatic nitrogens is 2. The lowest BCUT2D eigenvalue weighted by atomic mass is 9.90. The van der Waals surface area contributed by atoms with Crippen molar-refractivity contribution >= 4 is 5.91 Å². The van der Waals surface area contributed by atoms with Crippen molar-refractivity contribution < 1.29 is 4.79 Å². The summed E-state index contributed by atoms with van der Waals surface area (Å²) in [5, 5.41) is 0. The summed E-state index contributed by atoms with van der Waals surface area (Å²) in [6.07, 6.45) is 5.04. The molecule has 0 aromatic carbocycles. The van der Waals surface area contributed by atoms with Crippen LogP contribution in [0.4, 0.5) is 0 Å². The van der Waals surface area contributed by atoms with E-state index >= 15 is 0 Å². The maximum absolute atomic E-state index is 12.3. The second-order valence-corrected chi connectivity index (χ2v) is 4.92. The molecule has 2 N–H and O–H groups in total. The lowest BCUT2D eigenvalue weighted by Gasteiger charge is -2.36. The van der Waals surface area contributed by atoms with Gasteiger partial charge in [0.05, 0.1) is 11.9 Å². The smallest absolute Gasteiger partial charge is 0.274 e. The van der Waals surface area contributed by atoms with E-state index in [-0.39, 0.29) is 11.9 Å². The molecular formula is C13H20N4O. The third-order valence-corrected chi connectivity index (χ3v) is 3.60. The summed E-state index contributed by atoms with van der Waals surface area (Å²) in [5.41, 5.74) is 7.28. The highest BCUT2D eigenvalue weighted by Gasteiger charge is 2.29. The Morgan fingerprint density at radius 2 is 2.28 bits per heavy atom. The summed E-state index contributed by atoms with van der Waals surface area (Å²) in [6, 6.07) is 0.211. The predicted molar refractivity (Wildman–Crippen MR) is 69.0 cm³/mol. The van der Waals surface area contributed by atoms with Crippen LogP contribution in [-0.4, -0.2) is 39.9 Å². The average molecular weight is 248 g/mol. The van der Waals surface area contributed by atoms with E-state index in [1.165, 1.54) is 0 Å². The Hall–Kier alpha value is -1.49. The summed E-state index contributed by atoms with van der Waals surface area (Å²) in [7, 11) is 0. The van der Waals surface area contributed by atoms with Crippen LogP contribution in [0.3, 0.4) is 0 Å². The lowest BCUT2D eigenvalue weighted by molar-refractivity contribution is 0.0642. The highest BCUT2D eigenvalue weighted by molar-refractivity contribution is 5.92. The van der Waals surface area contributed by atoms with Gasteiger partial charge in [0.25, 0.3) is 5.91 Å². The fraction of sp³-hybridized carbons (Fsp3) is 0.615. The summed E-state index contributed by atoms with van der Waals surface area (Å²) in [6.45, 7) is 5.41. The van der Waals surface area contributed by atoms with E-state index in [4.69, 9.17) is 5.73 Å². The van der Waals surface area contributed by atoms with Gasteiger partial charge in [0.1, 0.15) is 5.69 Å². The van der Waals surface area contributed by atoms with Gasteiger partial charge in [0.2, 0.25) is 0 Å². The van der Waals surface area contributed by atoms with E-state index in [0.717, 1.165) is 25.1 Å². The van der Waals surface area contributed by atoms with E-state index in [1.54, 1.807) is 12.4 Å². The highest BCUT2D eigenvalue weighted by atomic mass is 16.2. The number of hydrogen-bond acceptors (Lipinski definition) is 4. The van der Waals surface area contributed by atoms with Gasteiger partial charge in [0, 0.05) is 25.3 Å². The lowest BCUT2D eigenvalue weighted by Crippen LogP contribution is -2.49. The number of hydrogen-bond donors (Lipinski definition) is 1. The van der Waals surface area contributed by atoms with Gasteiger partial charge in [-0.2, -0.15) is 0 Å². The number of amides is 1. The van der Waals surface area contributed by atoms with Gasteiger partial charge in [0.15, 0.2) is 0 Å². The quantitative estimate of drug-likeness (QED) is 0.847. The first-order valence-electron chi connectivity index (χ1n) is 6.45. The van der Waals surface area contributed by atoms with E-state index < -0.39 is 0 Å². The summed E-state index contributed by atoms with van der Waals surface area (Å²) in [4.78, 5) is 22.4. The van der Waals surface area contributed by atoms with Crippen molar-refractivity contribution in [3.63, 3.8) is 0 Å². The maximum Gasteiger partial charge on any atom is 0.274 e. The van der Waals surface area contributed by atoms with Crippen LogP contribution in [0.1, 0.15) is 35.9 Å². The van der Waals surface area contributed by atoms with E-state index in [2.05, 4.69) is 16.9 Å². The average Bonchev–Trinajstić information content (AvgIpc) is 2.39. The van der Waals surface area contributed by atoms with Gasteiger partial charge in [-0.3, -0.25) is 9.78 Å². The van der Waals surface area contributed by atoms with Gasteiger partial charge in [-0.05, 0) is 19.3 Å². The van der Waals surface area contributed by atoms with E-state index in [1.807, 2.05) is 11.8 Å². The van der Waals surface area contributed by atoms with E-state index in [9.17, 15) is 4.79 Å². The molecule has 0 spiro atoms. The largest absolute Gasteiger partial charge is 0.337 e. The molecule has 5 nitrogen and oxygen atoms in total. The second kappa shape index (κ2) is 5.44. The van der Waals surface area contributed by atoms with Gasteiger partial charge in [-0.1, -0.05) is 13.3 Å². The van der Waals surface area contributed by atoms with Crippen molar-refractivity contribution in [2.45, 2.75) is 32.7 Å². The molecule has 98 valence electrons. The first-order valence-corrected chi connectivity index (χ1v) is 6.45. The maximum atomic E-state index is 12.3. The van der Waals surface area contributed by atoms with Crippen molar-refractivity contribution in [2.75, 3.05) is 13.1 Å². The van der Waals surface area contributed by atoms with Gasteiger partial charge in [-0.15, -0.1) is 0 Å². The number of likely N-dealkylation sites (tertiary alicyclic amines) is 1. The second-order valence-electron chi connectivity index (χ2n) is 4.92. The zero-order valence-corrected chi connectivity index (χ0v) is 11.0. The molecule has 18 heavy (non-hydrogen) atoms. The molecule has 2 rings (SSSR count). The van der Waals surface area contributed by atoms with Gasteiger partial charge >= 0.3 is 0 Å². The number of aryl methyl sites for hydroxylation is 1. The van der Waals surface area contributed by atoms with Crippen molar-refractivity contribution in [3.8, 4) is 0 Å². The summed E-state index contributed by atoms with van der Waals surface area (Å²) >= 11 is 0. The third kappa shape index (κ3) is 2.67. The minimum absolute atomic E-state index is 0.0344. The molecule has 0 saturated carbocycles. The number of nitrogens with two attached hydrogens (primary N) is 1. The molecule has 2 heterocycles. The Morgan fingerprint density at radius 3 is 2.89 bits per heavy atom. The fourth-order valence-electron chi connectivity index (χ4n) is 2.33. The standard InChI is InChI=1S/C13H20N4O/c1-3-10-8-17(5-4-11(10)14)13(18)12-7-15-9(2)6-16-12/h6-7,10-11H,3-5,8,14H2,1-2H3. The minimum Gasteiger partial charge on any atom is -0.337 e.